The third-order valence-corrected chi connectivity index (χ3v) is 9.37. The number of methoxy groups -OCH3 is 1. The third kappa shape index (κ3) is 7.20. The Morgan fingerprint density at radius 2 is 1.88 bits per heavy atom. The van der Waals surface area contributed by atoms with Crippen LogP contribution in [0, 0.1) is 0 Å². The number of rotatable bonds is 12. The van der Waals surface area contributed by atoms with E-state index < -0.39 is 0 Å². The van der Waals surface area contributed by atoms with Crippen molar-refractivity contribution in [1.82, 2.24) is 0 Å². The summed E-state index contributed by atoms with van der Waals surface area (Å²) >= 11 is 0. The lowest BCUT2D eigenvalue weighted by Crippen LogP contribution is -2.29. The normalized spacial score (nSPS) is 12.6. The van der Waals surface area contributed by atoms with Gasteiger partial charge in [-0.05, 0) is 69.0 Å². The van der Waals surface area contributed by atoms with Crippen molar-refractivity contribution in [3.05, 3.63) is 77.4 Å². The lowest BCUT2D eigenvalue weighted by atomic mass is 10.1. The van der Waals surface area contributed by atoms with Crippen molar-refractivity contribution in [1.29, 1.82) is 0 Å². The summed E-state index contributed by atoms with van der Waals surface area (Å²) in [5.74, 6) is 0.666. The van der Waals surface area contributed by atoms with Crippen LogP contribution in [0.4, 0.5) is 17.1 Å². The quantitative estimate of drug-likeness (QED) is 0.180. The fourth-order valence-electron chi connectivity index (χ4n) is 4.58. The Morgan fingerprint density at radius 1 is 1.10 bits per heavy atom. The number of hydrogen-bond acceptors (Lipinski definition) is 7. The molecule has 210 valence electrons. The Kier molecular flexibility index (Phi) is 9.81. The van der Waals surface area contributed by atoms with E-state index in [4.69, 9.17) is 9.47 Å². The summed E-state index contributed by atoms with van der Waals surface area (Å²) in [7, 11) is 5.02. The van der Waals surface area contributed by atoms with E-state index in [1.54, 1.807) is 45.7 Å². The van der Waals surface area contributed by atoms with Gasteiger partial charge in [0.2, 0.25) is 5.91 Å². The number of amides is 2. The number of carbonyl (C=O) groups excluding carboxylic acids is 2. The summed E-state index contributed by atoms with van der Waals surface area (Å²) in [5.41, 5.74) is 4.29. The Balaban J connectivity index is 1.51. The van der Waals surface area contributed by atoms with Gasteiger partial charge in [-0.3, -0.25) is 14.6 Å². The van der Waals surface area contributed by atoms with Crippen molar-refractivity contribution >= 4 is 57.2 Å². The largest absolute Gasteiger partial charge is 0.493 e. The number of nitrogens with one attached hydrogen (secondary N) is 1. The molecule has 0 radical (unpaired) electrons. The SMILES string of the molecule is C=Nc1cc(OCc2ccccc2)c(OC)cc1C(=O)N1CCc2ccc(NC(=O)CCC(C)(C)SSC)cc21. The molecule has 7 nitrogen and oxygen atoms in total. The van der Waals surface area contributed by atoms with E-state index in [9.17, 15) is 9.59 Å². The molecule has 0 spiro atoms. The highest BCUT2D eigenvalue weighted by Crippen LogP contribution is 2.39. The highest BCUT2D eigenvalue weighted by molar-refractivity contribution is 8.76. The van der Waals surface area contributed by atoms with Gasteiger partial charge in [0.05, 0.1) is 18.4 Å². The molecule has 1 aliphatic rings. The number of anilines is 2. The first kappa shape index (κ1) is 29.6. The summed E-state index contributed by atoms with van der Waals surface area (Å²) in [6.07, 6.45) is 3.96. The van der Waals surface area contributed by atoms with Crippen LogP contribution in [0.2, 0.25) is 0 Å². The second-order valence-corrected chi connectivity index (χ2v) is 13.2. The molecule has 40 heavy (non-hydrogen) atoms. The minimum Gasteiger partial charge on any atom is -0.493 e. The van der Waals surface area contributed by atoms with Gasteiger partial charge >= 0.3 is 0 Å². The number of ether oxygens (including phenoxy) is 2. The standard InChI is InChI=1S/C31H35N3O4S2/c1-31(2,40-39-5)15-13-29(35)33-23-12-11-22-14-16-34(26(22)17-23)30(36)24-18-27(37-4)28(19-25(24)32-3)38-20-21-9-7-6-8-10-21/h6-12,17-19H,3,13-16,20H2,1-2,4-5H3,(H,33,35). The first-order valence-electron chi connectivity index (χ1n) is 13.1. The predicted octanol–water partition coefficient (Wildman–Crippen LogP) is 7.32. The molecule has 0 fully saturated rings. The number of nitrogens with zero attached hydrogens (tertiary/aromatic N) is 2. The topological polar surface area (TPSA) is 80.2 Å². The van der Waals surface area contributed by atoms with Crippen molar-refractivity contribution in [2.75, 3.05) is 30.1 Å². The Bertz CT molecular complexity index is 1380. The molecule has 1 N–H and O–H groups in total. The van der Waals surface area contributed by atoms with Crippen LogP contribution in [0.5, 0.6) is 11.5 Å². The van der Waals surface area contributed by atoms with Crippen LogP contribution in [0.3, 0.4) is 0 Å². The van der Waals surface area contributed by atoms with Crippen molar-refractivity contribution in [2.45, 2.75) is 44.5 Å². The van der Waals surface area contributed by atoms with E-state index in [1.807, 2.05) is 54.8 Å². The molecule has 2 amide bonds. The molecule has 0 atom stereocenters. The van der Waals surface area contributed by atoms with Gasteiger partial charge in [-0.25, -0.2) is 0 Å². The highest BCUT2D eigenvalue weighted by Gasteiger charge is 2.29. The summed E-state index contributed by atoms with van der Waals surface area (Å²) in [6.45, 7) is 8.85. The first-order valence-corrected chi connectivity index (χ1v) is 15.6. The van der Waals surface area contributed by atoms with Crippen molar-refractivity contribution in [3.63, 3.8) is 0 Å². The molecule has 0 saturated carbocycles. The molecular formula is C31H35N3O4S2. The van der Waals surface area contributed by atoms with Gasteiger partial charge in [0, 0.05) is 35.2 Å². The second kappa shape index (κ2) is 13.3. The minimum atomic E-state index is -0.214. The molecule has 1 aliphatic heterocycles. The Labute approximate surface area is 244 Å². The first-order chi connectivity index (χ1) is 19.2. The molecule has 1 heterocycles. The summed E-state index contributed by atoms with van der Waals surface area (Å²) in [6, 6.07) is 18.9. The van der Waals surface area contributed by atoms with Crippen molar-refractivity contribution < 1.29 is 19.1 Å². The monoisotopic (exact) mass is 577 g/mol. The maximum atomic E-state index is 13.8. The maximum absolute atomic E-state index is 13.8. The molecular weight excluding hydrogens is 542 g/mol. The zero-order chi connectivity index (χ0) is 28.7. The van der Waals surface area contributed by atoms with E-state index in [0.717, 1.165) is 29.7 Å². The lowest BCUT2D eigenvalue weighted by Gasteiger charge is -2.22. The van der Waals surface area contributed by atoms with Gasteiger partial charge < -0.3 is 19.7 Å². The number of hydrogen-bond donors (Lipinski definition) is 1. The minimum absolute atomic E-state index is 0.0119. The number of benzene rings is 3. The molecule has 0 bridgehead atoms. The molecule has 0 aromatic heterocycles. The molecule has 4 rings (SSSR count). The van der Waals surface area contributed by atoms with Gasteiger partial charge in [0.1, 0.15) is 6.61 Å². The zero-order valence-electron chi connectivity index (χ0n) is 23.4. The highest BCUT2D eigenvalue weighted by atomic mass is 33.1. The average Bonchev–Trinajstić information content (AvgIpc) is 3.38. The second-order valence-electron chi connectivity index (χ2n) is 10.1. The van der Waals surface area contributed by atoms with Gasteiger partial charge in [0.25, 0.3) is 5.91 Å². The van der Waals surface area contributed by atoms with Gasteiger partial charge in [-0.15, -0.1) is 0 Å². The van der Waals surface area contributed by atoms with Crippen LogP contribution < -0.4 is 19.7 Å². The van der Waals surface area contributed by atoms with Gasteiger partial charge in [0.15, 0.2) is 11.5 Å². The van der Waals surface area contributed by atoms with Gasteiger partial charge in [-0.1, -0.05) is 58.0 Å². The summed E-state index contributed by atoms with van der Waals surface area (Å²) in [5, 5.41) is 3.00. The number of carbonyl (C=O) groups is 2. The van der Waals surface area contributed by atoms with Crippen LogP contribution in [-0.4, -0.2) is 43.2 Å². The van der Waals surface area contributed by atoms with Crippen LogP contribution in [0.25, 0.3) is 0 Å². The van der Waals surface area contributed by atoms with E-state index >= 15 is 0 Å². The van der Waals surface area contributed by atoms with Crippen LogP contribution in [0.1, 0.15) is 48.2 Å². The molecule has 0 saturated heterocycles. The van der Waals surface area contributed by atoms with E-state index in [-0.39, 0.29) is 16.6 Å². The molecule has 0 aliphatic carbocycles. The predicted molar refractivity (Wildman–Crippen MR) is 168 cm³/mol. The fraction of sp³-hybridized carbons (Fsp3) is 0.323. The molecule has 9 heteroatoms. The fourth-order valence-corrected chi connectivity index (χ4v) is 6.82. The van der Waals surface area contributed by atoms with Gasteiger partial charge in [-0.2, -0.15) is 0 Å². The van der Waals surface area contributed by atoms with Crippen molar-refractivity contribution in [3.8, 4) is 11.5 Å². The third-order valence-electron chi connectivity index (χ3n) is 6.69. The van der Waals surface area contributed by atoms with Crippen molar-refractivity contribution in [2.24, 2.45) is 4.99 Å². The summed E-state index contributed by atoms with van der Waals surface area (Å²) in [4.78, 5) is 32.3. The molecule has 3 aromatic rings. The Morgan fingerprint density at radius 3 is 2.58 bits per heavy atom. The maximum Gasteiger partial charge on any atom is 0.260 e. The van der Waals surface area contributed by atoms with Crippen LogP contribution in [-0.2, 0) is 17.8 Å². The molecule has 0 unspecified atom stereocenters. The zero-order valence-corrected chi connectivity index (χ0v) is 25.0. The number of fused-ring (bicyclic) bond motifs is 1. The van der Waals surface area contributed by atoms with Crippen LogP contribution >= 0.6 is 21.6 Å². The smallest absolute Gasteiger partial charge is 0.260 e. The number of aliphatic imine (C=N–C) groups is 1. The van der Waals surface area contributed by atoms with E-state index in [0.29, 0.717) is 48.0 Å². The van der Waals surface area contributed by atoms with Crippen LogP contribution in [0.15, 0.2) is 65.7 Å². The van der Waals surface area contributed by atoms with E-state index in [1.165, 1.54) is 0 Å². The lowest BCUT2D eigenvalue weighted by molar-refractivity contribution is -0.116. The molecule has 3 aromatic carbocycles. The Hall–Kier alpha value is -3.43. The van der Waals surface area contributed by atoms with E-state index in [2.05, 4.69) is 30.9 Å². The average molecular weight is 578 g/mol. The summed E-state index contributed by atoms with van der Waals surface area (Å²) < 4.78 is 11.6.